The number of rotatable bonds is 6. The number of benzene rings is 1. The summed E-state index contributed by atoms with van der Waals surface area (Å²) in [6.45, 7) is 6.25. The van der Waals surface area contributed by atoms with Crippen molar-refractivity contribution in [1.82, 2.24) is 0 Å². The zero-order valence-electron chi connectivity index (χ0n) is 10.6. The molecule has 94 valence electrons. The predicted molar refractivity (Wildman–Crippen MR) is 73.5 cm³/mol. The fraction of sp³-hybridized carbons (Fsp3) is 0.500. The maximum Gasteiger partial charge on any atom is 0.316 e. The normalized spacial score (nSPS) is 12.7. The van der Waals surface area contributed by atoms with E-state index in [-0.39, 0.29) is 5.25 Å². The van der Waals surface area contributed by atoms with Gasteiger partial charge in [-0.15, -0.1) is 11.8 Å². The molecule has 0 heterocycles. The quantitative estimate of drug-likeness (QED) is 0.834. The molecular formula is C14H20O2S. The number of thioether (sulfide) groups is 1. The second kappa shape index (κ2) is 6.70. The zero-order valence-corrected chi connectivity index (χ0v) is 11.5. The third-order valence-corrected chi connectivity index (χ3v) is 4.18. The largest absolute Gasteiger partial charge is 0.480 e. The van der Waals surface area contributed by atoms with Crippen molar-refractivity contribution in [1.29, 1.82) is 0 Å². The SMILES string of the molecule is CCC(SCc1ccc(C(C)C)cc1)C(=O)O. The zero-order chi connectivity index (χ0) is 12.8. The van der Waals surface area contributed by atoms with E-state index >= 15 is 0 Å². The molecular weight excluding hydrogens is 232 g/mol. The molecule has 1 aromatic carbocycles. The van der Waals surface area contributed by atoms with Gasteiger partial charge in [0.05, 0.1) is 0 Å². The van der Waals surface area contributed by atoms with Crippen molar-refractivity contribution in [2.45, 2.75) is 44.1 Å². The molecule has 1 aromatic rings. The smallest absolute Gasteiger partial charge is 0.316 e. The van der Waals surface area contributed by atoms with Crippen molar-refractivity contribution >= 4 is 17.7 Å². The van der Waals surface area contributed by atoms with E-state index in [2.05, 4.69) is 38.1 Å². The number of carboxylic acid groups (broad SMARTS) is 1. The molecule has 0 aliphatic heterocycles. The van der Waals surface area contributed by atoms with E-state index in [1.54, 1.807) is 0 Å². The van der Waals surface area contributed by atoms with Crippen LogP contribution < -0.4 is 0 Å². The second-order valence-electron chi connectivity index (χ2n) is 4.44. The minimum absolute atomic E-state index is 0.292. The molecule has 1 unspecified atom stereocenters. The Hall–Kier alpha value is -0.960. The standard InChI is InChI=1S/C14H20O2S/c1-4-13(14(15)16)17-9-11-5-7-12(8-6-11)10(2)3/h5-8,10,13H,4,9H2,1-3H3,(H,15,16). The van der Waals surface area contributed by atoms with Gasteiger partial charge >= 0.3 is 5.97 Å². The Balaban J connectivity index is 2.55. The molecule has 0 saturated heterocycles. The fourth-order valence-electron chi connectivity index (χ4n) is 1.56. The second-order valence-corrected chi connectivity index (χ2v) is 5.63. The van der Waals surface area contributed by atoms with E-state index in [0.29, 0.717) is 12.3 Å². The molecule has 1 atom stereocenters. The van der Waals surface area contributed by atoms with Crippen LogP contribution in [0.1, 0.15) is 44.2 Å². The van der Waals surface area contributed by atoms with Gasteiger partial charge in [0.15, 0.2) is 0 Å². The van der Waals surface area contributed by atoms with Crippen molar-refractivity contribution in [3.8, 4) is 0 Å². The molecule has 0 saturated carbocycles. The minimum atomic E-state index is -0.712. The molecule has 3 heteroatoms. The number of hydrogen-bond acceptors (Lipinski definition) is 2. The maximum atomic E-state index is 10.9. The van der Waals surface area contributed by atoms with Crippen LogP contribution in [-0.4, -0.2) is 16.3 Å². The lowest BCUT2D eigenvalue weighted by Gasteiger charge is -2.10. The molecule has 2 nitrogen and oxygen atoms in total. The Morgan fingerprint density at radius 3 is 2.29 bits per heavy atom. The number of hydrogen-bond donors (Lipinski definition) is 1. The number of carboxylic acids is 1. The monoisotopic (exact) mass is 252 g/mol. The fourth-order valence-corrected chi connectivity index (χ4v) is 2.52. The van der Waals surface area contributed by atoms with Gasteiger partial charge in [-0.05, 0) is 23.5 Å². The first-order valence-electron chi connectivity index (χ1n) is 5.97. The Morgan fingerprint density at radius 2 is 1.88 bits per heavy atom. The molecule has 0 amide bonds. The van der Waals surface area contributed by atoms with Crippen molar-refractivity contribution in [2.24, 2.45) is 0 Å². The van der Waals surface area contributed by atoms with Crippen LogP contribution in [0.5, 0.6) is 0 Å². The average molecular weight is 252 g/mol. The summed E-state index contributed by atoms with van der Waals surface area (Å²) < 4.78 is 0. The summed E-state index contributed by atoms with van der Waals surface area (Å²) in [5.41, 5.74) is 2.52. The summed E-state index contributed by atoms with van der Waals surface area (Å²) in [5.74, 6) is 0.596. The van der Waals surface area contributed by atoms with Gasteiger partial charge in [0.1, 0.15) is 5.25 Å². The van der Waals surface area contributed by atoms with Gasteiger partial charge in [-0.1, -0.05) is 45.0 Å². The van der Waals surface area contributed by atoms with Gasteiger partial charge in [0, 0.05) is 5.75 Å². The topological polar surface area (TPSA) is 37.3 Å². The Morgan fingerprint density at radius 1 is 1.29 bits per heavy atom. The first-order valence-corrected chi connectivity index (χ1v) is 7.02. The third-order valence-electron chi connectivity index (χ3n) is 2.74. The van der Waals surface area contributed by atoms with Gasteiger partial charge in [-0.25, -0.2) is 0 Å². The van der Waals surface area contributed by atoms with E-state index in [1.807, 2.05) is 6.92 Å². The predicted octanol–water partition coefficient (Wildman–Crippen LogP) is 3.91. The minimum Gasteiger partial charge on any atom is -0.480 e. The van der Waals surface area contributed by atoms with E-state index in [0.717, 1.165) is 5.75 Å². The van der Waals surface area contributed by atoms with Crippen LogP contribution in [0.4, 0.5) is 0 Å². The van der Waals surface area contributed by atoms with Crippen molar-refractivity contribution in [2.75, 3.05) is 0 Å². The summed E-state index contributed by atoms with van der Waals surface area (Å²) in [6.07, 6.45) is 0.671. The van der Waals surface area contributed by atoms with Gasteiger partial charge in [0.25, 0.3) is 0 Å². The molecule has 1 N–H and O–H groups in total. The molecule has 0 fully saturated rings. The summed E-state index contributed by atoms with van der Waals surface area (Å²) in [4.78, 5) is 10.9. The number of aliphatic carboxylic acids is 1. The highest BCUT2D eigenvalue weighted by Crippen LogP contribution is 2.22. The molecule has 0 aliphatic carbocycles. The molecule has 0 aliphatic rings. The van der Waals surface area contributed by atoms with Gasteiger partial charge in [0.2, 0.25) is 0 Å². The lowest BCUT2D eigenvalue weighted by Crippen LogP contribution is -2.15. The summed E-state index contributed by atoms with van der Waals surface area (Å²) in [5, 5.41) is 8.66. The molecule has 0 aromatic heterocycles. The Labute approximate surface area is 107 Å². The van der Waals surface area contributed by atoms with Gasteiger partial charge < -0.3 is 5.11 Å². The van der Waals surface area contributed by atoms with Crippen LogP contribution in [0.3, 0.4) is 0 Å². The molecule has 0 radical (unpaired) electrons. The van der Waals surface area contributed by atoms with Crippen LogP contribution in [0.2, 0.25) is 0 Å². The first-order chi connectivity index (χ1) is 8.04. The summed E-state index contributed by atoms with van der Waals surface area (Å²) in [6, 6.07) is 8.44. The van der Waals surface area contributed by atoms with Crippen molar-refractivity contribution in [3.63, 3.8) is 0 Å². The number of carbonyl (C=O) groups is 1. The lowest BCUT2D eigenvalue weighted by atomic mass is 10.0. The van der Waals surface area contributed by atoms with E-state index in [4.69, 9.17) is 5.11 Å². The third kappa shape index (κ3) is 4.43. The van der Waals surface area contributed by atoms with Crippen molar-refractivity contribution in [3.05, 3.63) is 35.4 Å². The van der Waals surface area contributed by atoms with Crippen LogP contribution >= 0.6 is 11.8 Å². The van der Waals surface area contributed by atoms with Crippen LogP contribution in [0, 0.1) is 0 Å². The van der Waals surface area contributed by atoms with Gasteiger partial charge in [-0.3, -0.25) is 4.79 Å². The molecule has 17 heavy (non-hydrogen) atoms. The Kier molecular flexibility index (Phi) is 5.56. The molecule has 0 spiro atoms. The lowest BCUT2D eigenvalue weighted by molar-refractivity contribution is -0.136. The van der Waals surface area contributed by atoms with E-state index < -0.39 is 5.97 Å². The van der Waals surface area contributed by atoms with Crippen molar-refractivity contribution < 1.29 is 9.90 Å². The van der Waals surface area contributed by atoms with Crippen LogP contribution in [0.15, 0.2) is 24.3 Å². The van der Waals surface area contributed by atoms with Gasteiger partial charge in [-0.2, -0.15) is 0 Å². The average Bonchev–Trinajstić information content (AvgIpc) is 2.30. The van der Waals surface area contributed by atoms with E-state index in [9.17, 15) is 4.79 Å². The van der Waals surface area contributed by atoms with Crippen LogP contribution in [0.25, 0.3) is 0 Å². The summed E-state index contributed by atoms with van der Waals surface area (Å²) >= 11 is 1.50. The highest BCUT2D eigenvalue weighted by atomic mass is 32.2. The maximum absolute atomic E-state index is 10.9. The highest BCUT2D eigenvalue weighted by Gasteiger charge is 2.15. The van der Waals surface area contributed by atoms with E-state index in [1.165, 1.54) is 22.9 Å². The molecule has 0 bridgehead atoms. The first kappa shape index (κ1) is 14.1. The molecule has 1 rings (SSSR count). The summed E-state index contributed by atoms with van der Waals surface area (Å²) in [7, 11) is 0. The Bertz CT molecular complexity index is 357. The highest BCUT2D eigenvalue weighted by molar-refractivity contribution is 7.99. The van der Waals surface area contributed by atoms with Crippen LogP contribution in [-0.2, 0) is 10.5 Å².